The third-order valence-electron chi connectivity index (χ3n) is 4.48. The maximum atomic E-state index is 6.03. The van der Waals surface area contributed by atoms with Crippen molar-refractivity contribution < 1.29 is 4.74 Å². The summed E-state index contributed by atoms with van der Waals surface area (Å²) in [7, 11) is 0. The van der Waals surface area contributed by atoms with Crippen LogP contribution in [-0.2, 0) is 13.0 Å². The molecule has 4 aromatic rings. The lowest BCUT2D eigenvalue weighted by Gasteiger charge is -2.07. The highest BCUT2D eigenvalue weighted by molar-refractivity contribution is 5.59. The molecule has 0 unspecified atom stereocenters. The number of hydrogen-bond donors (Lipinski definition) is 1. The lowest BCUT2D eigenvalue weighted by Crippen LogP contribution is -2.09. The van der Waals surface area contributed by atoms with E-state index >= 15 is 0 Å². The molecule has 1 aromatic carbocycles. The molecule has 144 valence electrons. The molecule has 8 nitrogen and oxygen atoms in total. The van der Waals surface area contributed by atoms with Crippen molar-refractivity contribution in [3.8, 4) is 6.01 Å². The lowest BCUT2D eigenvalue weighted by atomic mass is 10.1. The molecule has 0 aliphatic heterocycles. The number of nitrogens with zero attached hydrogens (tertiary/aromatic N) is 6. The topological polar surface area (TPSA) is 96.2 Å². The number of ether oxygens (including phenoxy) is 1. The monoisotopic (exact) mass is 377 g/mol. The second-order valence-electron chi connectivity index (χ2n) is 6.66. The number of aromatic nitrogens is 6. The summed E-state index contributed by atoms with van der Waals surface area (Å²) in [6.45, 7) is 3.43. The summed E-state index contributed by atoms with van der Waals surface area (Å²) in [5.74, 6) is 0.322. The number of fused-ring (bicyclic) bond motifs is 1. The molecular formula is C20H23N7O. The molecule has 2 N–H and O–H groups in total. The Morgan fingerprint density at radius 1 is 1.14 bits per heavy atom. The first-order chi connectivity index (χ1) is 13.7. The van der Waals surface area contributed by atoms with Gasteiger partial charge in [0.2, 0.25) is 0 Å². The molecule has 0 saturated carbocycles. The van der Waals surface area contributed by atoms with E-state index in [4.69, 9.17) is 10.5 Å². The van der Waals surface area contributed by atoms with Gasteiger partial charge in [0, 0.05) is 18.8 Å². The molecule has 0 fully saturated rings. The van der Waals surface area contributed by atoms with Crippen molar-refractivity contribution in [1.82, 2.24) is 29.4 Å². The van der Waals surface area contributed by atoms with E-state index in [-0.39, 0.29) is 6.01 Å². The summed E-state index contributed by atoms with van der Waals surface area (Å²) < 4.78 is 9.24. The van der Waals surface area contributed by atoms with Crippen LogP contribution in [0.15, 0.2) is 48.9 Å². The van der Waals surface area contributed by atoms with Gasteiger partial charge in [0.25, 0.3) is 0 Å². The molecule has 3 aromatic heterocycles. The van der Waals surface area contributed by atoms with Gasteiger partial charge in [0.1, 0.15) is 0 Å². The van der Waals surface area contributed by atoms with E-state index < -0.39 is 0 Å². The Balaban J connectivity index is 1.52. The third-order valence-corrected chi connectivity index (χ3v) is 4.48. The summed E-state index contributed by atoms with van der Waals surface area (Å²) in [6, 6.07) is 10.7. The van der Waals surface area contributed by atoms with Crippen LogP contribution in [0.4, 0.5) is 5.82 Å². The molecule has 0 aliphatic rings. The second-order valence-corrected chi connectivity index (χ2v) is 6.66. The van der Waals surface area contributed by atoms with E-state index in [0.717, 1.165) is 30.6 Å². The van der Waals surface area contributed by atoms with Crippen molar-refractivity contribution in [2.24, 2.45) is 0 Å². The van der Waals surface area contributed by atoms with Crippen LogP contribution >= 0.6 is 0 Å². The van der Waals surface area contributed by atoms with Gasteiger partial charge in [-0.05, 0) is 23.6 Å². The minimum Gasteiger partial charge on any atom is -0.462 e. The van der Waals surface area contributed by atoms with Crippen LogP contribution in [0.1, 0.15) is 36.6 Å². The van der Waals surface area contributed by atoms with E-state index in [0.29, 0.717) is 24.5 Å². The van der Waals surface area contributed by atoms with E-state index in [1.54, 1.807) is 16.9 Å². The normalized spacial score (nSPS) is 11.2. The highest BCUT2D eigenvalue weighted by Gasteiger charge is 2.12. The minimum atomic E-state index is 0.285. The standard InChI is InChI=1S/C20H23N7O/c1-2-3-11-28-20-24-18(21)19-22-13-17(27(19)25-20)12-15-5-7-16(8-6-15)14-26-10-4-9-23-26/h4-10,13H,2-3,11-12,14H2,1H3,(H2,21,24,25). The van der Waals surface area contributed by atoms with Gasteiger partial charge in [0.05, 0.1) is 25.0 Å². The van der Waals surface area contributed by atoms with Gasteiger partial charge in [-0.15, -0.1) is 5.10 Å². The van der Waals surface area contributed by atoms with Crippen LogP contribution < -0.4 is 10.5 Å². The Morgan fingerprint density at radius 2 is 1.96 bits per heavy atom. The molecule has 0 atom stereocenters. The van der Waals surface area contributed by atoms with Crippen LogP contribution in [0.2, 0.25) is 0 Å². The molecule has 28 heavy (non-hydrogen) atoms. The van der Waals surface area contributed by atoms with Crippen LogP contribution in [0.25, 0.3) is 5.65 Å². The fourth-order valence-electron chi connectivity index (χ4n) is 2.97. The average Bonchev–Trinajstić information content (AvgIpc) is 3.34. The third kappa shape index (κ3) is 3.95. The van der Waals surface area contributed by atoms with Gasteiger partial charge in [-0.3, -0.25) is 4.68 Å². The van der Waals surface area contributed by atoms with Crippen LogP contribution in [0.5, 0.6) is 6.01 Å². The maximum absolute atomic E-state index is 6.03. The Bertz CT molecular complexity index is 1040. The molecule has 0 radical (unpaired) electrons. The second kappa shape index (κ2) is 8.08. The molecule has 3 heterocycles. The van der Waals surface area contributed by atoms with Gasteiger partial charge in [-0.2, -0.15) is 10.1 Å². The van der Waals surface area contributed by atoms with E-state index in [1.165, 1.54) is 5.56 Å². The van der Waals surface area contributed by atoms with Gasteiger partial charge in [-0.1, -0.05) is 37.6 Å². The molecule has 8 heteroatoms. The number of unbranched alkanes of at least 4 members (excludes halogenated alkanes) is 1. The molecule has 0 bridgehead atoms. The van der Waals surface area contributed by atoms with Crippen molar-refractivity contribution in [3.05, 3.63) is 65.7 Å². The number of imidazole rings is 1. The SMILES string of the molecule is CCCCOc1nc(N)c2ncc(Cc3ccc(Cn4cccn4)cc3)n2n1. The van der Waals surface area contributed by atoms with Crippen molar-refractivity contribution >= 4 is 11.5 Å². The van der Waals surface area contributed by atoms with Crippen molar-refractivity contribution in [2.75, 3.05) is 12.3 Å². The van der Waals surface area contributed by atoms with Crippen LogP contribution in [0, 0.1) is 0 Å². The van der Waals surface area contributed by atoms with Crippen LogP contribution in [0.3, 0.4) is 0 Å². The fourth-order valence-corrected chi connectivity index (χ4v) is 2.97. The van der Waals surface area contributed by atoms with Gasteiger partial charge in [0.15, 0.2) is 11.5 Å². The largest absolute Gasteiger partial charge is 0.462 e. The summed E-state index contributed by atoms with van der Waals surface area (Å²) in [5, 5.41) is 8.70. The van der Waals surface area contributed by atoms with E-state index in [9.17, 15) is 0 Å². The van der Waals surface area contributed by atoms with Crippen LogP contribution in [-0.4, -0.2) is 36.0 Å². The molecule has 0 saturated heterocycles. The Kier molecular flexibility index (Phi) is 5.18. The number of anilines is 1. The Morgan fingerprint density at radius 3 is 2.71 bits per heavy atom. The van der Waals surface area contributed by atoms with Gasteiger partial charge >= 0.3 is 6.01 Å². The minimum absolute atomic E-state index is 0.285. The maximum Gasteiger partial charge on any atom is 0.336 e. The smallest absolute Gasteiger partial charge is 0.336 e. The first-order valence-corrected chi connectivity index (χ1v) is 9.41. The predicted octanol–water partition coefficient (Wildman–Crippen LogP) is 2.72. The van der Waals surface area contributed by atoms with Gasteiger partial charge < -0.3 is 10.5 Å². The Labute approximate surface area is 163 Å². The molecular weight excluding hydrogens is 354 g/mol. The molecule has 0 amide bonds. The number of hydrogen-bond acceptors (Lipinski definition) is 6. The highest BCUT2D eigenvalue weighted by Crippen LogP contribution is 2.17. The van der Waals surface area contributed by atoms with Crippen molar-refractivity contribution in [2.45, 2.75) is 32.7 Å². The summed E-state index contributed by atoms with van der Waals surface area (Å²) in [6.07, 6.45) is 8.21. The molecule has 0 spiro atoms. The zero-order valence-electron chi connectivity index (χ0n) is 15.8. The quantitative estimate of drug-likeness (QED) is 0.474. The Hall–Kier alpha value is -3.42. The van der Waals surface area contributed by atoms with Crippen molar-refractivity contribution in [1.29, 1.82) is 0 Å². The van der Waals surface area contributed by atoms with Gasteiger partial charge in [-0.25, -0.2) is 9.50 Å². The first-order valence-electron chi connectivity index (χ1n) is 9.41. The average molecular weight is 377 g/mol. The fraction of sp³-hybridized carbons (Fsp3) is 0.300. The number of nitrogen functional groups attached to an aromatic ring is 1. The lowest BCUT2D eigenvalue weighted by molar-refractivity contribution is 0.280. The summed E-state index contributed by atoms with van der Waals surface area (Å²) >= 11 is 0. The van der Waals surface area contributed by atoms with E-state index in [2.05, 4.69) is 51.4 Å². The van der Waals surface area contributed by atoms with Crippen molar-refractivity contribution in [3.63, 3.8) is 0 Å². The first kappa shape index (κ1) is 18.0. The van der Waals surface area contributed by atoms with E-state index in [1.807, 2.05) is 16.9 Å². The predicted molar refractivity (Wildman–Crippen MR) is 106 cm³/mol. The number of benzene rings is 1. The summed E-state index contributed by atoms with van der Waals surface area (Å²) in [5.41, 5.74) is 9.87. The molecule has 4 rings (SSSR count). The number of nitrogens with two attached hydrogens (primary N) is 1. The highest BCUT2D eigenvalue weighted by atomic mass is 16.5. The molecule has 0 aliphatic carbocycles. The zero-order valence-corrected chi connectivity index (χ0v) is 15.8. The zero-order chi connectivity index (χ0) is 19.3. The number of rotatable bonds is 8. The summed E-state index contributed by atoms with van der Waals surface area (Å²) in [4.78, 5) is 8.56.